The number of nitrogens with two attached hydrogens (primary N) is 1. The summed E-state index contributed by atoms with van der Waals surface area (Å²) in [7, 11) is 0. The van der Waals surface area contributed by atoms with Crippen LogP contribution in [0, 0.1) is 5.82 Å². The zero-order valence-electron chi connectivity index (χ0n) is 10.8. The molecule has 108 valence electrons. The second-order valence-electron chi connectivity index (χ2n) is 4.62. The van der Waals surface area contributed by atoms with Crippen LogP contribution in [-0.2, 0) is 4.79 Å². The molecular weight excluding hydrogens is 329 g/mol. The molecule has 1 aromatic carbocycles. The van der Waals surface area contributed by atoms with Crippen molar-refractivity contribution in [2.24, 2.45) is 5.73 Å². The molecule has 0 bridgehead atoms. The molecule has 2 amide bonds. The molecule has 0 atom stereocenters. The van der Waals surface area contributed by atoms with Gasteiger partial charge < -0.3 is 16.0 Å². The topological polar surface area (TPSA) is 75.4 Å². The van der Waals surface area contributed by atoms with Crippen LogP contribution in [0.3, 0.4) is 0 Å². The molecule has 7 heteroatoms. The quantitative estimate of drug-likeness (QED) is 0.873. The lowest BCUT2D eigenvalue weighted by Crippen LogP contribution is -2.33. The van der Waals surface area contributed by atoms with Crippen LogP contribution in [0.2, 0.25) is 0 Å². The molecule has 2 rings (SSSR count). The molecule has 1 aliphatic heterocycles. The van der Waals surface area contributed by atoms with Gasteiger partial charge in [0.25, 0.3) is 5.91 Å². The Morgan fingerprint density at radius 1 is 1.35 bits per heavy atom. The fourth-order valence-corrected chi connectivity index (χ4v) is 2.64. The van der Waals surface area contributed by atoms with Gasteiger partial charge in [0.05, 0.1) is 17.8 Å². The summed E-state index contributed by atoms with van der Waals surface area (Å²) in [5, 5.41) is 2.79. The Morgan fingerprint density at radius 2 is 2.00 bits per heavy atom. The standard InChI is InChI=1S/C13H15BrFN3O2/c14-8-5-9(15)12(13(16)20)10(6-8)17-7-11(19)18-3-1-2-4-18/h5-6,17H,1-4,7H2,(H2,16,20). The lowest BCUT2D eigenvalue weighted by atomic mass is 10.1. The number of benzene rings is 1. The fraction of sp³-hybridized carbons (Fsp3) is 0.385. The second-order valence-corrected chi connectivity index (χ2v) is 5.53. The van der Waals surface area contributed by atoms with E-state index in [4.69, 9.17) is 5.73 Å². The smallest absolute Gasteiger partial charge is 0.253 e. The van der Waals surface area contributed by atoms with E-state index in [2.05, 4.69) is 21.2 Å². The number of amides is 2. The van der Waals surface area contributed by atoms with E-state index in [-0.39, 0.29) is 23.7 Å². The molecule has 5 nitrogen and oxygen atoms in total. The van der Waals surface area contributed by atoms with E-state index in [9.17, 15) is 14.0 Å². The summed E-state index contributed by atoms with van der Waals surface area (Å²) in [6.45, 7) is 1.50. The van der Waals surface area contributed by atoms with E-state index in [1.54, 1.807) is 4.90 Å². The Morgan fingerprint density at radius 3 is 2.60 bits per heavy atom. The van der Waals surface area contributed by atoms with Gasteiger partial charge in [0.2, 0.25) is 5.91 Å². The van der Waals surface area contributed by atoms with Crippen LogP contribution in [0.5, 0.6) is 0 Å². The molecule has 1 fully saturated rings. The summed E-state index contributed by atoms with van der Waals surface area (Å²) < 4.78 is 14.2. The normalized spacial score (nSPS) is 14.4. The summed E-state index contributed by atoms with van der Waals surface area (Å²) in [5.74, 6) is -1.66. The lowest BCUT2D eigenvalue weighted by Gasteiger charge is -2.17. The van der Waals surface area contributed by atoms with Crippen LogP contribution < -0.4 is 11.1 Å². The Labute approximate surface area is 124 Å². The van der Waals surface area contributed by atoms with Gasteiger partial charge in [0.1, 0.15) is 5.82 Å². The number of primary amides is 1. The van der Waals surface area contributed by atoms with Gasteiger partial charge in [-0.3, -0.25) is 9.59 Å². The Balaban J connectivity index is 2.12. The summed E-state index contributed by atoms with van der Waals surface area (Å²) in [6, 6.07) is 2.69. The van der Waals surface area contributed by atoms with Gasteiger partial charge in [-0.25, -0.2) is 4.39 Å². The average Bonchev–Trinajstić information content (AvgIpc) is 2.88. The molecule has 0 aromatic heterocycles. The van der Waals surface area contributed by atoms with Crippen LogP contribution in [0.15, 0.2) is 16.6 Å². The van der Waals surface area contributed by atoms with Gasteiger partial charge in [-0.05, 0) is 25.0 Å². The number of likely N-dealkylation sites (tertiary alicyclic amines) is 1. The van der Waals surface area contributed by atoms with Crippen LogP contribution in [0.25, 0.3) is 0 Å². The minimum atomic E-state index is -0.869. The molecule has 20 heavy (non-hydrogen) atoms. The summed E-state index contributed by atoms with van der Waals surface area (Å²) >= 11 is 3.14. The van der Waals surface area contributed by atoms with E-state index in [1.807, 2.05) is 0 Å². The van der Waals surface area contributed by atoms with Crippen molar-refractivity contribution in [1.82, 2.24) is 4.90 Å². The molecular formula is C13H15BrFN3O2. The highest BCUT2D eigenvalue weighted by Crippen LogP contribution is 2.24. The lowest BCUT2D eigenvalue weighted by molar-refractivity contribution is -0.128. The minimum Gasteiger partial charge on any atom is -0.375 e. The highest BCUT2D eigenvalue weighted by Gasteiger charge is 2.20. The van der Waals surface area contributed by atoms with E-state index < -0.39 is 11.7 Å². The molecule has 0 unspecified atom stereocenters. The van der Waals surface area contributed by atoms with Gasteiger partial charge in [-0.15, -0.1) is 0 Å². The van der Waals surface area contributed by atoms with Crippen molar-refractivity contribution in [1.29, 1.82) is 0 Å². The Kier molecular flexibility index (Phi) is 4.59. The number of carbonyl (C=O) groups is 2. The average molecular weight is 344 g/mol. The number of nitrogens with one attached hydrogen (secondary N) is 1. The van der Waals surface area contributed by atoms with Crippen LogP contribution in [-0.4, -0.2) is 36.3 Å². The summed E-state index contributed by atoms with van der Waals surface area (Å²) in [5.41, 5.74) is 5.15. The maximum atomic E-state index is 13.7. The first-order chi connectivity index (χ1) is 9.49. The highest BCUT2D eigenvalue weighted by molar-refractivity contribution is 9.10. The van der Waals surface area contributed by atoms with E-state index >= 15 is 0 Å². The fourth-order valence-electron chi connectivity index (χ4n) is 2.21. The highest BCUT2D eigenvalue weighted by atomic mass is 79.9. The minimum absolute atomic E-state index is 0.0101. The van der Waals surface area contributed by atoms with Crippen LogP contribution in [0.1, 0.15) is 23.2 Å². The van der Waals surface area contributed by atoms with E-state index in [0.29, 0.717) is 4.47 Å². The van der Waals surface area contributed by atoms with Gasteiger partial charge in [-0.2, -0.15) is 0 Å². The van der Waals surface area contributed by atoms with Crippen molar-refractivity contribution in [2.75, 3.05) is 25.0 Å². The summed E-state index contributed by atoms with van der Waals surface area (Å²) in [4.78, 5) is 24.9. The van der Waals surface area contributed by atoms with E-state index in [1.165, 1.54) is 6.07 Å². The molecule has 0 saturated carbocycles. The van der Waals surface area contributed by atoms with Crippen LogP contribution in [0.4, 0.5) is 10.1 Å². The SMILES string of the molecule is NC(=O)c1c(F)cc(Br)cc1NCC(=O)N1CCCC1. The largest absolute Gasteiger partial charge is 0.375 e. The first kappa shape index (κ1) is 14.8. The third-order valence-electron chi connectivity index (χ3n) is 3.19. The molecule has 1 aromatic rings. The molecule has 1 heterocycles. The number of anilines is 1. The third kappa shape index (κ3) is 3.27. The number of carbonyl (C=O) groups excluding carboxylic acids is 2. The Bertz CT molecular complexity index is 545. The Hall–Kier alpha value is -1.63. The molecule has 0 spiro atoms. The maximum Gasteiger partial charge on any atom is 0.253 e. The van der Waals surface area contributed by atoms with Gasteiger partial charge in [-0.1, -0.05) is 15.9 Å². The summed E-state index contributed by atoms with van der Waals surface area (Å²) in [6.07, 6.45) is 2.01. The first-order valence-electron chi connectivity index (χ1n) is 6.29. The van der Waals surface area contributed by atoms with Crippen molar-refractivity contribution in [3.05, 3.63) is 28.0 Å². The van der Waals surface area contributed by atoms with E-state index in [0.717, 1.165) is 32.0 Å². The zero-order chi connectivity index (χ0) is 14.7. The van der Waals surface area contributed by atoms with Gasteiger partial charge in [0.15, 0.2) is 0 Å². The van der Waals surface area contributed by atoms with Crippen molar-refractivity contribution in [2.45, 2.75) is 12.8 Å². The van der Waals surface area contributed by atoms with Crippen molar-refractivity contribution >= 4 is 33.4 Å². The van der Waals surface area contributed by atoms with Crippen molar-refractivity contribution in [3.8, 4) is 0 Å². The third-order valence-corrected chi connectivity index (χ3v) is 3.65. The van der Waals surface area contributed by atoms with Gasteiger partial charge in [0, 0.05) is 17.6 Å². The predicted molar refractivity (Wildman–Crippen MR) is 76.9 cm³/mol. The number of hydrogen-bond acceptors (Lipinski definition) is 3. The maximum absolute atomic E-state index is 13.7. The number of hydrogen-bond donors (Lipinski definition) is 2. The predicted octanol–water partition coefficient (Wildman–Crippen LogP) is 1.72. The van der Waals surface area contributed by atoms with Gasteiger partial charge >= 0.3 is 0 Å². The number of halogens is 2. The monoisotopic (exact) mass is 343 g/mol. The van der Waals surface area contributed by atoms with Crippen molar-refractivity contribution in [3.63, 3.8) is 0 Å². The zero-order valence-corrected chi connectivity index (χ0v) is 12.4. The molecule has 3 N–H and O–H groups in total. The molecule has 0 radical (unpaired) electrons. The second kappa shape index (κ2) is 6.21. The molecule has 1 aliphatic rings. The van der Waals surface area contributed by atoms with Crippen molar-refractivity contribution < 1.29 is 14.0 Å². The number of rotatable bonds is 4. The number of nitrogens with zero attached hydrogens (tertiary/aromatic N) is 1. The van der Waals surface area contributed by atoms with Crippen LogP contribution >= 0.6 is 15.9 Å². The molecule has 1 saturated heterocycles. The molecule has 0 aliphatic carbocycles. The first-order valence-corrected chi connectivity index (χ1v) is 7.09.